The second kappa shape index (κ2) is 5.87. The summed E-state index contributed by atoms with van der Waals surface area (Å²) in [4.78, 5) is 21.2. The maximum absolute atomic E-state index is 10.9. The molecule has 0 unspecified atom stereocenters. The van der Waals surface area contributed by atoms with Crippen molar-refractivity contribution >= 4 is 11.9 Å². The first-order chi connectivity index (χ1) is 7.59. The van der Waals surface area contributed by atoms with Gasteiger partial charge in [0, 0.05) is 0 Å². The molecule has 0 aromatic heterocycles. The fraction of sp³-hybridized carbons (Fsp3) is 0.273. The Morgan fingerprint density at radius 1 is 1.19 bits per heavy atom. The zero-order chi connectivity index (χ0) is 12.0. The van der Waals surface area contributed by atoms with Gasteiger partial charge in [-0.15, -0.1) is 0 Å². The number of benzene rings is 1. The van der Waals surface area contributed by atoms with Crippen LogP contribution in [-0.4, -0.2) is 34.7 Å². The normalized spacial score (nSPS) is 12.0. The van der Waals surface area contributed by atoms with Crippen molar-refractivity contribution in [1.29, 1.82) is 0 Å². The molecule has 0 amide bonds. The highest BCUT2D eigenvalue weighted by Gasteiger charge is 2.17. The van der Waals surface area contributed by atoms with Crippen molar-refractivity contribution in [3.63, 3.8) is 0 Å². The molecule has 0 saturated carbocycles. The summed E-state index contributed by atoms with van der Waals surface area (Å²) in [6, 6.07) is 8.19. The highest BCUT2D eigenvalue weighted by atomic mass is 16.4. The second-order valence-electron chi connectivity index (χ2n) is 3.36. The third kappa shape index (κ3) is 4.10. The Kier molecular flexibility index (Phi) is 4.47. The van der Waals surface area contributed by atoms with Crippen LogP contribution in [0.25, 0.3) is 0 Å². The van der Waals surface area contributed by atoms with Gasteiger partial charge in [0.15, 0.2) is 0 Å². The molecule has 1 rings (SSSR count). The maximum atomic E-state index is 10.9. The summed E-state index contributed by atoms with van der Waals surface area (Å²) in [5, 5.41) is 19.8. The lowest BCUT2D eigenvalue weighted by molar-refractivity contribution is -0.140. The van der Waals surface area contributed by atoms with E-state index in [0.717, 1.165) is 5.56 Å². The number of hydrogen-bond donors (Lipinski definition) is 3. The molecule has 0 aliphatic rings. The molecule has 0 heterocycles. The van der Waals surface area contributed by atoms with Crippen molar-refractivity contribution in [3.8, 4) is 0 Å². The first kappa shape index (κ1) is 12.2. The molecule has 0 aliphatic heterocycles. The summed E-state index contributed by atoms with van der Waals surface area (Å²) in [6.45, 7) is -0.357. The molecule has 0 bridgehead atoms. The van der Waals surface area contributed by atoms with Gasteiger partial charge in [-0.2, -0.15) is 0 Å². The third-order valence-electron chi connectivity index (χ3n) is 2.08. The zero-order valence-electron chi connectivity index (χ0n) is 8.59. The molecule has 0 aliphatic carbocycles. The van der Waals surface area contributed by atoms with Gasteiger partial charge in [0.05, 0.1) is 6.54 Å². The molecule has 0 saturated heterocycles. The second-order valence-corrected chi connectivity index (χ2v) is 3.36. The summed E-state index contributed by atoms with van der Waals surface area (Å²) in [5.74, 6) is -2.12. The van der Waals surface area contributed by atoms with Crippen molar-refractivity contribution < 1.29 is 19.8 Å². The predicted molar refractivity (Wildman–Crippen MR) is 57.2 cm³/mol. The topological polar surface area (TPSA) is 86.6 Å². The van der Waals surface area contributed by atoms with Crippen LogP contribution >= 0.6 is 0 Å². The van der Waals surface area contributed by atoms with Crippen LogP contribution in [0.2, 0.25) is 0 Å². The van der Waals surface area contributed by atoms with Crippen LogP contribution in [0.1, 0.15) is 5.56 Å². The van der Waals surface area contributed by atoms with Gasteiger partial charge in [0.1, 0.15) is 6.04 Å². The Morgan fingerprint density at radius 2 is 1.81 bits per heavy atom. The number of carboxylic acids is 2. The maximum Gasteiger partial charge on any atom is 0.321 e. The summed E-state index contributed by atoms with van der Waals surface area (Å²) in [7, 11) is 0. The van der Waals surface area contributed by atoms with Crippen molar-refractivity contribution in [1.82, 2.24) is 5.32 Å². The molecular formula is C11H13NO4. The first-order valence-electron chi connectivity index (χ1n) is 4.81. The van der Waals surface area contributed by atoms with Crippen LogP contribution in [0.15, 0.2) is 30.3 Å². The van der Waals surface area contributed by atoms with Crippen LogP contribution in [0.4, 0.5) is 0 Å². The average molecular weight is 223 g/mol. The van der Waals surface area contributed by atoms with Crippen LogP contribution in [-0.2, 0) is 16.0 Å². The molecule has 0 spiro atoms. The van der Waals surface area contributed by atoms with Crippen LogP contribution < -0.4 is 5.32 Å². The minimum atomic E-state index is -1.07. The summed E-state index contributed by atoms with van der Waals surface area (Å²) >= 11 is 0. The highest BCUT2D eigenvalue weighted by Crippen LogP contribution is 2.03. The van der Waals surface area contributed by atoms with E-state index in [2.05, 4.69) is 5.32 Å². The molecule has 3 N–H and O–H groups in total. The van der Waals surface area contributed by atoms with E-state index >= 15 is 0 Å². The van der Waals surface area contributed by atoms with E-state index in [4.69, 9.17) is 10.2 Å². The Balaban J connectivity index is 2.58. The number of carbonyl (C=O) groups is 2. The molecule has 5 heteroatoms. The lowest BCUT2D eigenvalue weighted by Crippen LogP contribution is -2.41. The molecule has 86 valence electrons. The van der Waals surface area contributed by atoms with Gasteiger partial charge < -0.3 is 10.2 Å². The molecule has 1 aromatic carbocycles. The van der Waals surface area contributed by atoms with Crippen molar-refractivity contribution in [2.24, 2.45) is 0 Å². The molecular weight excluding hydrogens is 210 g/mol. The van der Waals surface area contributed by atoms with E-state index in [-0.39, 0.29) is 13.0 Å². The first-order valence-corrected chi connectivity index (χ1v) is 4.81. The van der Waals surface area contributed by atoms with E-state index in [1.54, 1.807) is 12.1 Å². The number of aliphatic carboxylic acids is 2. The summed E-state index contributed by atoms with van der Waals surface area (Å²) < 4.78 is 0. The Morgan fingerprint density at radius 3 is 2.31 bits per heavy atom. The lowest BCUT2D eigenvalue weighted by atomic mass is 10.1. The lowest BCUT2D eigenvalue weighted by Gasteiger charge is -2.12. The van der Waals surface area contributed by atoms with Crippen molar-refractivity contribution in [3.05, 3.63) is 35.9 Å². The molecule has 0 fully saturated rings. The van der Waals surface area contributed by atoms with Gasteiger partial charge >= 0.3 is 11.9 Å². The number of carboxylic acid groups (broad SMARTS) is 2. The number of nitrogens with one attached hydrogen (secondary N) is 1. The fourth-order valence-corrected chi connectivity index (χ4v) is 1.31. The molecule has 1 atom stereocenters. The number of hydrogen-bond acceptors (Lipinski definition) is 3. The van der Waals surface area contributed by atoms with E-state index in [9.17, 15) is 9.59 Å². The average Bonchev–Trinajstić information content (AvgIpc) is 2.25. The zero-order valence-corrected chi connectivity index (χ0v) is 8.59. The Bertz CT molecular complexity index is 364. The van der Waals surface area contributed by atoms with Gasteiger partial charge in [-0.1, -0.05) is 30.3 Å². The van der Waals surface area contributed by atoms with E-state index in [1.165, 1.54) is 0 Å². The minimum absolute atomic E-state index is 0.267. The quantitative estimate of drug-likeness (QED) is 0.648. The van der Waals surface area contributed by atoms with Crippen LogP contribution in [0.5, 0.6) is 0 Å². The Hall–Kier alpha value is -1.88. The standard InChI is InChI=1S/C11H13NO4/c13-10(14)7-12-9(11(15)16)6-8-4-2-1-3-5-8/h1-5,9,12H,6-7H2,(H,13,14)(H,15,16)/t9-/m0/s1. The summed E-state index contributed by atoms with van der Waals surface area (Å²) in [6.07, 6.45) is 0.267. The predicted octanol–water partition coefficient (Wildman–Crippen LogP) is 0.356. The summed E-state index contributed by atoms with van der Waals surface area (Å²) in [5.41, 5.74) is 0.854. The largest absolute Gasteiger partial charge is 0.480 e. The third-order valence-corrected chi connectivity index (χ3v) is 2.08. The van der Waals surface area contributed by atoms with E-state index < -0.39 is 18.0 Å². The molecule has 1 aromatic rings. The smallest absolute Gasteiger partial charge is 0.321 e. The highest BCUT2D eigenvalue weighted by molar-refractivity contribution is 5.75. The molecule has 0 radical (unpaired) electrons. The SMILES string of the molecule is O=C(O)CN[C@@H](Cc1ccccc1)C(=O)O. The van der Waals surface area contributed by atoms with Gasteiger partial charge in [-0.3, -0.25) is 14.9 Å². The number of rotatable bonds is 6. The fourth-order valence-electron chi connectivity index (χ4n) is 1.31. The van der Waals surface area contributed by atoms with Gasteiger partial charge in [0.2, 0.25) is 0 Å². The molecule has 16 heavy (non-hydrogen) atoms. The monoisotopic (exact) mass is 223 g/mol. The van der Waals surface area contributed by atoms with Crippen LogP contribution in [0, 0.1) is 0 Å². The van der Waals surface area contributed by atoms with Crippen molar-refractivity contribution in [2.45, 2.75) is 12.5 Å². The van der Waals surface area contributed by atoms with Crippen LogP contribution in [0.3, 0.4) is 0 Å². The Labute approximate surface area is 92.7 Å². The van der Waals surface area contributed by atoms with Gasteiger partial charge in [-0.05, 0) is 12.0 Å². The van der Waals surface area contributed by atoms with E-state index in [0.29, 0.717) is 0 Å². The minimum Gasteiger partial charge on any atom is -0.480 e. The van der Waals surface area contributed by atoms with E-state index in [1.807, 2.05) is 18.2 Å². The van der Waals surface area contributed by atoms with Crippen molar-refractivity contribution in [2.75, 3.05) is 6.54 Å². The van der Waals surface area contributed by atoms with Gasteiger partial charge in [-0.25, -0.2) is 0 Å². The molecule has 5 nitrogen and oxygen atoms in total. The van der Waals surface area contributed by atoms with Gasteiger partial charge in [0.25, 0.3) is 0 Å².